The lowest BCUT2D eigenvalue weighted by molar-refractivity contribution is -0.150. The summed E-state index contributed by atoms with van der Waals surface area (Å²) in [5.41, 5.74) is 1.03. The second kappa shape index (κ2) is 5.84. The molecule has 0 saturated carbocycles. The summed E-state index contributed by atoms with van der Waals surface area (Å²) in [6, 6.07) is 6.67. The highest BCUT2D eigenvalue weighted by molar-refractivity contribution is 5.97. The highest BCUT2D eigenvalue weighted by Gasteiger charge is 2.26. The van der Waals surface area contributed by atoms with Gasteiger partial charge in [-0.2, -0.15) is 0 Å². The number of carbonyl (C=O) groups excluding carboxylic acids is 3. The van der Waals surface area contributed by atoms with Crippen LogP contribution >= 0.6 is 0 Å². The Hall–Kier alpha value is -2.90. The first-order chi connectivity index (χ1) is 10.6. The minimum absolute atomic E-state index is 0.101. The number of hydrogen-bond acceptors (Lipinski definition) is 6. The number of para-hydroxylation sites is 1. The fourth-order valence-corrected chi connectivity index (χ4v) is 2.18. The number of imide groups is 1. The third kappa shape index (κ3) is 2.76. The van der Waals surface area contributed by atoms with Crippen LogP contribution in [0.25, 0.3) is 11.0 Å². The summed E-state index contributed by atoms with van der Waals surface area (Å²) in [5.74, 6) is -1.15. The number of urea groups is 1. The number of nitrogens with zero attached hydrogens (tertiary/aromatic N) is 2. The maximum absolute atomic E-state index is 11.8. The fourth-order valence-electron chi connectivity index (χ4n) is 2.18. The molecule has 0 radical (unpaired) electrons. The van der Waals surface area contributed by atoms with Crippen molar-refractivity contribution in [2.75, 3.05) is 19.7 Å². The summed E-state index contributed by atoms with van der Waals surface area (Å²) >= 11 is 0. The maximum Gasteiger partial charge on any atom is 0.324 e. The molecule has 114 valence electrons. The Labute approximate surface area is 125 Å². The molecule has 22 heavy (non-hydrogen) atoms. The lowest BCUT2D eigenvalue weighted by atomic mass is 10.2. The van der Waals surface area contributed by atoms with Gasteiger partial charge in [-0.15, -0.1) is 0 Å². The van der Waals surface area contributed by atoms with E-state index in [-0.39, 0.29) is 13.0 Å². The topological polar surface area (TPSA) is 102 Å². The van der Waals surface area contributed by atoms with Gasteiger partial charge in [0.25, 0.3) is 5.91 Å². The Morgan fingerprint density at radius 1 is 1.36 bits per heavy atom. The summed E-state index contributed by atoms with van der Waals surface area (Å²) < 4.78 is 9.98. The molecule has 0 unspecified atom stereocenters. The van der Waals surface area contributed by atoms with Crippen molar-refractivity contribution >= 4 is 28.9 Å². The van der Waals surface area contributed by atoms with Crippen molar-refractivity contribution in [2.45, 2.75) is 6.42 Å². The van der Waals surface area contributed by atoms with Crippen LogP contribution in [0.15, 0.2) is 28.8 Å². The van der Waals surface area contributed by atoms with Crippen LogP contribution in [0, 0.1) is 0 Å². The predicted octanol–water partition coefficient (Wildman–Crippen LogP) is 0.465. The summed E-state index contributed by atoms with van der Waals surface area (Å²) in [5, 5.41) is 7.04. The molecule has 1 fully saturated rings. The van der Waals surface area contributed by atoms with Crippen LogP contribution in [0.2, 0.25) is 0 Å². The van der Waals surface area contributed by atoms with E-state index >= 15 is 0 Å². The van der Waals surface area contributed by atoms with Gasteiger partial charge >= 0.3 is 12.0 Å². The average Bonchev–Trinajstić information content (AvgIpc) is 3.12. The van der Waals surface area contributed by atoms with Crippen molar-refractivity contribution in [3.63, 3.8) is 0 Å². The van der Waals surface area contributed by atoms with Gasteiger partial charge in [0.1, 0.15) is 5.69 Å². The molecule has 1 aromatic heterocycles. The molecule has 2 heterocycles. The van der Waals surface area contributed by atoms with Crippen LogP contribution in [-0.4, -0.2) is 47.7 Å². The highest BCUT2D eigenvalue weighted by Crippen LogP contribution is 2.18. The first kappa shape index (κ1) is 14.1. The van der Waals surface area contributed by atoms with E-state index in [1.54, 1.807) is 18.2 Å². The minimum Gasteiger partial charge on any atom is -0.455 e. The van der Waals surface area contributed by atoms with Crippen molar-refractivity contribution in [3.05, 3.63) is 30.0 Å². The monoisotopic (exact) mass is 303 g/mol. The Kier molecular flexibility index (Phi) is 3.73. The molecule has 1 N–H and O–H groups in total. The number of nitrogens with one attached hydrogen (secondary N) is 1. The number of benzene rings is 1. The number of amides is 3. The Balaban J connectivity index is 1.56. The van der Waals surface area contributed by atoms with Gasteiger partial charge in [-0.1, -0.05) is 17.3 Å². The smallest absolute Gasteiger partial charge is 0.324 e. The van der Waals surface area contributed by atoms with Crippen LogP contribution in [0.4, 0.5) is 4.79 Å². The van der Waals surface area contributed by atoms with Gasteiger partial charge in [0.2, 0.25) is 0 Å². The van der Waals surface area contributed by atoms with E-state index in [0.29, 0.717) is 17.8 Å². The van der Waals surface area contributed by atoms with Crippen LogP contribution in [0.1, 0.15) is 5.69 Å². The van der Waals surface area contributed by atoms with Crippen LogP contribution in [-0.2, 0) is 20.7 Å². The van der Waals surface area contributed by atoms with E-state index in [2.05, 4.69) is 10.5 Å². The van der Waals surface area contributed by atoms with Crippen molar-refractivity contribution in [1.82, 2.24) is 15.4 Å². The number of ether oxygens (including phenoxy) is 1. The largest absolute Gasteiger partial charge is 0.455 e. The number of fused-ring (bicyclic) bond motifs is 1. The molecule has 3 rings (SSSR count). The molecule has 1 aromatic carbocycles. The number of esters is 1. The van der Waals surface area contributed by atoms with Gasteiger partial charge < -0.3 is 14.6 Å². The van der Waals surface area contributed by atoms with E-state index < -0.39 is 24.5 Å². The van der Waals surface area contributed by atoms with Crippen molar-refractivity contribution in [2.24, 2.45) is 0 Å². The van der Waals surface area contributed by atoms with Crippen LogP contribution < -0.4 is 5.32 Å². The van der Waals surface area contributed by atoms with Crippen molar-refractivity contribution in [1.29, 1.82) is 0 Å². The summed E-state index contributed by atoms with van der Waals surface area (Å²) in [7, 11) is 0. The SMILES string of the molecule is O=C(Cc1noc2ccccc12)OCC(=O)N1CCNC1=O. The molecular weight excluding hydrogens is 290 g/mol. The van der Waals surface area contributed by atoms with Crippen molar-refractivity contribution in [3.8, 4) is 0 Å². The van der Waals surface area contributed by atoms with E-state index in [1.165, 1.54) is 0 Å². The standard InChI is InChI=1S/C14H13N3O5/c18-12(17-6-5-15-14(17)20)8-21-13(19)7-10-9-3-1-2-4-11(9)22-16-10/h1-4H,5-8H2,(H,15,20). The Morgan fingerprint density at radius 3 is 2.95 bits per heavy atom. The second-order valence-corrected chi connectivity index (χ2v) is 4.74. The third-order valence-corrected chi connectivity index (χ3v) is 3.28. The highest BCUT2D eigenvalue weighted by atomic mass is 16.5. The zero-order chi connectivity index (χ0) is 15.5. The molecule has 2 aromatic rings. The predicted molar refractivity (Wildman–Crippen MR) is 73.8 cm³/mol. The quantitative estimate of drug-likeness (QED) is 0.824. The first-order valence-corrected chi connectivity index (χ1v) is 6.72. The Morgan fingerprint density at radius 2 is 2.18 bits per heavy atom. The molecule has 1 aliphatic heterocycles. The first-order valence-electron chi connectivity index (χ1n) is 6.72. The summed E-state index contributed by atoms with van der Waals surface area (Å²) in [4.78, 5) is 35.8. The van der Waals surface area contributed by atoms with E-state index in [1.807, 2.05) is 6.07 Å². The minimum atomic E-state index is -0.605. The molecule has 0 aliphatic carbocycles. The lowest BCUT2D eigenvalue weighted by Gasteiger charge is -2.11. The molecule has 8 nitrogen and oxygen atoms in total. The molecular formula is C14H13N3O5. The van der Waals surface area contributed by atoms with Gasteiger partial charge in [-0.05, 0) is 12.1 Å². The van der Waals surface area contributed by atoms with E-state index in [9.17, 15) is 14.4 Å². The Bertz CT molecular complexity index is 739. The van der Waals surface area contributed by atoms with Gasteiger partial charge in [0.15, 0.2) is 12.2 Å². The van der Waals surface area contributed by atoms with E-state index in [4.69, 9.17) is 9.26 Å². The van der Waals surface area contributed by atoms with Gasteiger partial charge in [-0.3, -0.25) is 14.5 Å². The lowest BCUT2D eigenvalue weighted by Crippen LogP contribution is -2.37. The van der Waals surface area contributed by atoms with Gasteiger partial charge in [-0.25, -0.2) is 4.79 Å². The maximum atomic E-state index is 11.8. The molecule has 1 saturated heterocycles. The molecule has 1 aliphatic rings. The number of aromatic nitrogens is 1. The molecule has 0 spiro atoms. The molecule has 0 atom stereocenters. The molecule has 0 bridgehead atoms. The van der Waals surface area contributed by atoms with Crippen LogP contribution in [0.5, 0.6) is 0 Å². The van der Waals surface area contributed by atoms with Gasteiger partial charge in [0, 0.05) is 18.5 Å². The summed E-state index contributed by atoms with van der Waals surface area (Å²) in [6.07, 6.45) is -0.101. The normalized spacial score (nSPS) is 14.2. The zero-order valence-electron chi connectivity index (χ0n) is 11.6. The molecule has 3 amide bonds. The fraction of sp³-hybridized carbons (Fsp3) is 0.286. The average molecular weight is 303 g/mol. The van der Waals surface area contributed by atoms with E-state index in [0.717, 1.165) is 10.3 Å². The number of hydrogen-bond donors (Lipinski definition) is 1. The summed E-state index contributed by atoms with van der Waals surface area (Å²) in [6.45, 7) is 0.217. The van der Waals surface area contributed by atoms with Crippen molar-refractivity contribution < 1.29 is 23.6 Å². The third-order valence-electron chi connectivity index (χ3n) is 3.28. The van der Waals surface area contributed by atoms with Gasteiger partial charge in [0.05, 0.1) is 6.42 Å². The second-order valence-electron chi connectivity index (χ2n) is 4.74. The van der Waals surface area contributed by atoms with Crippen LogP contribution in [0.3, 0.4) is 0 Å². The molecule has 8 heteroatoms. The number of carbonyl (C=O) groups is 3. The number of rotatable bonds is 4. The zero-order valence-corrected chi connectivity index (χ0v) is 11.6.